The van der Waals surface area contributed by atoms with Crippen molar-refractivity contribution in [3.05, 3.63) is 46.5 Å². The minimum atomic E-state index is -0.117. The Morgan fingerprint density at radius 3 is 2.62 bits per heavy atom. The first-order chi connectivity index (χ1) is 11.5. The van der Waals surface area contributed by atoms with Crippen LogP contribution in [-0.4, -0.2) is 43.0 Å². The molecule has 1 fully saturated rings. The van der Waals surface area contributed by atoms with Gasteiger partial charge in [-0.15, -0.1) is 0 Å². The van der Waals surface area contributed by atoms with Gasteiger partial charge >= 0.3 is 0 Å². The first-order valence-corrected chi connectivity index (χ1v) is 8.59. The normalized spacial score (nSPS) is 25.1. The number of hydrogen-bond acceptors (Lipinski definition) is 5. The number of aliphatic hydroxyl groups excluding tert-OH is 1. The van der Waals surface area contributed by atoms with E-state index in [0.29, 0.717) is 23.9 Å². The highest BCUT2D eigenvalue weighted by Crippen LogP contribution is 2.31. The molecule has 0 aliphatic carbocycles. The highest BCUT2D eigenvalue weighted by Gasteiger charge is 2.34. The number of aromatic nitrogens is 3. The molecule has 2 aromatic rings. The van der Waals surface area contributed by atoms with Gasteiger partial charge in [-0.2, -0.15) is 5.10 Å². The molecule has 3 atom stereocenters. The highest BCUT2D eigenvalue weighted by atomic mass is 32.1. The maximum Gasteiger partial charge on any atom is 0.198 e. The third-order valence-corrected chi connectivity index (χ3v) is 5.23. The van der Waals surface area contributed by atoms with E-state index in [1.54, 1.807) is 9.25 Å². The van der Waals surface area contributed by atoms with Crippen LogP contribution in [0.25, 0.3) is 0 Å². The van der Waals surface area contributed by atoms with Gasteiger partial charge in [0, 0.05) is 19.1 Å². The van der Waals surface area contributed by atoms with Gasteiger partial charge in [-0.25, -0.2) is 4.68 Å². The van der Waals surface area contributed by atoms with Crippen LogP contribution in [0.3, 0.4) is 0 Å². The van der Waals surface area contributed by atoms with E-state index in [4.69, 9.17) is 17.0 Å². The van der Waals surface area contributed by atoms with Gasteiger partial charge < -0.3 is 14.4 Å². The van der Waals surface area contributed by atoms with E-state index < -0.39 is 0 Å². The van der Waals surface area contributed by atoms with E-state index in [0.717, 1.165) is 0 Å². The Labute approximate surface area is 147 Å². The lowest BCUT2D eigenvalue weighted by Crippen LogP contribution is -2.51. The van der Waals surface area contributed by atoms with Gasteiger partial charge in [-0.3, -0.25) is 4.90 Å². The lowest BCUT2D eigenvalue weighted by molar-refractivity contribution is -0.109. The molecule has 6 nitrogen and oxygen atoms in total. The molecule has 0 bridgehead atoms. The number of aliphatic hydroxyl groups is 1. The molecule has 1 saturated heterocycles. The van der Waals surface area contributed by atoms with Gasteiger partial charge in [-0.05, 0) is 31.6 Å². The van der Waals surface area contributed by atoms with Gasteiger partial charge in [-0.1, -0.05) is 30.3 Å². The van der Waals surface area contributed by atoms with Gasteiger partial charge in [0.1, 0.15) is 6.61 Å². The molecular weight excluding hydrogens is 324 g/mol. The van der Waals surface area contributed by atoms with Crippen LogP contribution in [0.15, 0.2) is 30.3 Å². The van der Waals surface area contributed by atoms with Gasteiger partial charge in [0.25, 0.3) is 0 Å². The van der Waals surface area contributed by atoms with Crippen molar-refractivity contribution in [2.24, 2.45) is 7.05 Å². The Hall–Kier alpha value is -1.54. The van der Waals surface area contributed by atoms with E-state index >= 15 is 0 Å². The molecule has 0 spiro atoms. The lowest BCUT2D eigenvalue weighted by atomic mass is 9.99. The lowest BCUT2D eigenvalue weighted by Gasteiger charge is -2.43. The van der Waals surface area contributed by atoms with Crippen molar-refractivity contribution in [3.63, 3.8) is 0 Å². The number of rotatable bonds is 4. The molecule has 1 aliphatic rings. The third kappa shape index (κ3) is 3.17. The van der Waals surface area contributed by atoms with Crippen molar-refractivity contribution < 1.29 is 9.84 Å². The second-order valence-corrected chi connectivity index (χ2v) is 6.69. The Kier molecular flexibility index (Phi) is 5.15. The molecule has 7 heteroatoms. The Bertz CT molecular complexity index is 743. The Morgan fingerprint density at radius 1 is 1.29 bits per heavy atom. The average molecular weight is 348 g/mol. The monoisotopic (exact) mass is 348 g/mol. The number of nitrogens with zero attached hydrogens (tertiary/aromatic N) is 4. The zero-order valence-electron chi connectivity index (χ0n) is 14.3. The fraction of sp³-hybridized carbons (Fsp3) is 0.529. The number of ether oxygens (including phenoxy) is 1. The molecule has 1 N–H and O–H groups in total. The van der Waals surface area contributed by atoms with Crippen LogP contribution in [0.5, 0.6) is 0 Å². The molecule has 3 unspecified atom stereocenters. The molecule has 1 aromatic carbocycles. The summed E-state index contributed by atoms with van der Waals surface area (Å²) in [5, 5.41) is 13.8. The minimum Gasteiger partial charge on any atom is -0.388 e. The summed E-state index contributed by atoms with van der Waals surface area (Å²) in [7, 11) is 1.83. The van der Waals surface area contributed by atoms with Crippen molar-refractivity contribution >= 4 is 12.2 Å². The number of hydrogen-bond donors (Lipinski definition) is 1. The molecule has 0 amide bonds. The standard InChI is InChI=1S/C17H24N4O2S/c1-12-10-23-16(14-7-5-4-6-8-14)13(2)20(12)11-21-17(24)19(3)15(9-22)18-21/h4-8,12-13,16,22H,9-11H2,1-3H3. The fourth-order valence-corrected chi connectivity index (χ4v) is 3.46. The molecule has 0 radical (unpaired) electrons. The summed E-state index contributed by atoms with van der Waals surface area (Å²) in [6.07, 6.45) is 0.0256. The topological polar surface area (TPSA) is 55.4 Å². The van der Waals surface area contributed by atoms with E-state index in [2.05, 4.69) is 36.0 Å². The summed E-state index contributed by atoms with van der Waals surface area (Å²) < 4.78 is 10.2. The van der Waals surface area contributed by atoms with E-state index in [1.807, 2.05) is 25.2 Å². The molecule has 3 rings (SSSR count). The van der Waals surface area contributed by atoms with Crippen molar-refractivity contribution in [2.75, 3.05) is 6.61 Å². The van der Waals surface area contributed by atoms with Crippen LogP contribution in [0.1, 0.15) is 31.3 Å². The first-order valence-electron chi connectivity index (χ1n) is 8.18. The zero-order valence-corrected chi connectivity index (χ0v) is 15.1. The van der Waals surface area contributed by atoms with Crippen molar-refractivity contribution in [2.45, 2.75) is 45.3 Å². The molecule has 1 aliphatic heterocycles. The third-order valence-electron chi connectivity index (χ3n) is 4.74. The summed E-state index contributed by atoms with van der Waals surface area (Å²) in [5.41, 5.74) is 1.18. The molecule has 24 heavy (non-hydrogen) atoms. The van der Waals surface area contributed by atoms with Crippen molar-refractivity contribution in [1.29, 1.82) is 0 Å². The minimum absolute atomic E-state index is 0.0256. The van der Waals surface area contributed by atoms with Gasteiger partial charge in [0.05, 0.1) is 19.4 Å². The number of morpholine rings is 1. The maximum absolute atomic E-state index is 9.38. The summed E-state index contributed by atoms with van der Waals surface area (Å²) in [6.45, 7) is 5.46. The predicted octanol–water partition coefficient (Wildman–Crippen LogP) is 2.25. The molecule has 130 valence electrons. The second-order valence-electron chi connectivity index (χ2n) is 6.33. The molecule has 1 aromatic heterocycles. The van der Waals surface area contributed by atoms with Crippen LogP contribution in [0, 0.1) is 4.77 Å². The maximum atomic E-state index is 9.38. The van der Waals surface area contributed by atoms with Crippen LogP contribution in [-0.2, 0) is 25.1 Å². The van der Waals surface area contributed by atoms with Gasteiger partial charge in [0.2, 0.25) is 0 Å². The summed E-state index contributed by atoms with van der Waals surface area (Å²) in [4.78, 5) is 2.35. The quantitative estimate of drug-likeness (QED) is 0.859. The molecule has 0 saturated carbocycles. The average Bonchev–Trinajstić information content (AvgIpc) is 2.87. The van der Waals surface area contributed by atoms with E-state index in [1.165, 1.54) is 5.56 Å². The predicted molar refractivity (Wildman–Crippen MR) is 93.9 cm³/mol. The summed E-state index contributed by atoms with van der Waals surface area (Å²) in [5.74, 6) is 0.577. The highest BCUT2D eigenvalue weighted by molar-refractivity contribution is 7.71. The van der Waals surface area contributed by atoms with Gasteiger partial charge in [0.15, 0.2) is 10.6 Å². The second kappa shape index (κ2) is 7.14. The summed E-state index contributed by atoms with van der Waals surface area (Å²) >= 11 is 5.44. The summed E-state index contributed by atoms with van der Waals surface area (Å²) in [6, 6.07) is 10.8. The van der Waals surface area contributed by atoms with Crippen LogP contribution in [0.2, 0.25) is 0 Å². The smallest absolute Gasteiger partial charge is 0.198 e. The SMILES string of the molecule is CC1COC(c2ccccc2)C(C)N1Cn1nc(CO)n(C)c1=S. The largest absolute Gasteiger partial charge is 0.388 e. The first kappa shape index (κ1) is 17.3. The Balaban J connectivity index is 1.85. The zero-order chi connectivity index (χ0) is 17.3. The fourth-order valence-electron chi connectivity index (χ4n) is 3.26. The van der Waals surface area contributed by atoms with Crippen LogP contribution >= 0.6 is 12.2 Å². The van der Waals surface area contributed by atoms with E-state index in [-0.39, 0.29) is 24.8 Å². The van der Waals surface area contributed by atoms with Crippen molar-refractivity contribution in [1.82, 2.24) is 19.2 Å². The Morgan fingerprint density at radius 2 is 2.00 bits per heavy atom. The van der Waals surface area contributed by atoms with E-state index in [9.17, 15) is 5.11 Å². The van der Waals surface area contributed by atoms with Crippen LogP contribution < -0.4 is 0 Å². The molecular formula is C17H24N4O2S. The molecule has 2 heterocycles. The van der Waals surface area contributed by atoms with Crippen LogP contribution in [0.4, 0.5) is 0 Å². The van der Waals surface area contributed by atoms with Crippen molar-refractivity contribution in [3.8, 4) is 0 Å². The number of benzene rings is 1.